The molecule has 0 aliphatic carbocycles. The monoisotopic (exact) mass is 251 g/mol. The Labute approximate surface area is 108 Å². The summed E-state index contributed by atoms with van der Waals surface area (Å²) in [5.74, 6) is 2.54. The lowest BCUT2D eigenvalue weighted by molar-refractivity contribution is 0.212. The van der Waals surface area contributed by atoms with Gasteiger partial charge in [-0.05, 0) is 30.2 Å². The number of aliphatic hydroxyl groups excluding tert-OH is 1. The Bertz CT molecular complexity index is 339. The first-order chi connectivity index (χ1) is 8.29. The fraction of sp³-hybridized carbons (Fsp3) is 0.571. The highest BCUT2D eigenvalue weighted by Gasteiger charge is 2.16. The van der Waals surface area contributed by atoms with Crippen LogP contribution in [0.5, 0.6) is 0 Å². The van der Waals surface area contributed by atoms with Gasteiger partial charge in [-0.1, -0.05) is 24.3 Å². The van der Waals surface area contributed by atoms with Gasteiger partial charge in [-0.3, -0.25) is 4.90 Å². The van der Waals surface area contributed by atoms with Gasteiger partial charge in [0.1, 0.15) is 0 Å². The molecule has 3 heteroatoms. The minimum Gasteiger partial charge on any atom is -0.392 e. The molecule has 17 heavy (non-hydrogen) atoms. The lowest BCUT2D eigenvalue weighted by Crippen LogP contribution is -2.33. The molecule has 0 aromatic heterocycles. The smallest absolute Gasteiger partial charge is 0.0681 e. The molecule has 1 atom stereocenters. The Balaban J connectivity index is 1.98. The van der Waals surface area contributed by atoms with Crippen LogP contribution in [0, 0.1) is 0 Å². The van der Waals surface area contributed by atoms with E-state index in [1.165, 1.54) is 30.0 Å². The average Bonchev–Trinajstić information content (AvgIpc) is 2.56. The molecule has 1 heterocycles. The molecule has 94 valence electrons. The summed E-state index contributed by atoms with van der Waals surface area (Å²) in [7, 11) is 0. The zero-order chi connectivity index (χ0) is 12.1. The minimum atomic E-state index is 0.136. The highest BCUT2D eigenvalue weighted by Crippen LogP contribution is 2.18. The first kappa shape index (κ1) is 12.9. The summed E-state index contributed by atoms with van der Waals surface area (Å²) in [5, 5.41) is 9.02. The normalized spacial score (nSPS) is 22.4. The number of aliphatic hydroxyl groups is 1. The molecule has 2 nitrogen and oxygen atoms in total. The molecule has 1 N–H and O–H groups in total. The van der Waals surface area contributed by atoms with Gasteiger partial charge in [0.05, 0.1) is 6.61 Å². The number of rotatable bonds is 3. The van der Waals surface area contributed by atoms with Gasteiger partial charge in [0.15, 0.2) is 0 Å². The zero-order valence-electron chi connectivity index (χ0n) is 10.4. The van der Waals surface area contributed by atoms with Gasteiger partial charge >= 0.3 is 0 Å². The summed E-state index contributed by atoms with van der Waals surface area (Å²) in [4.78, 5) is 2.56. The van der Waals surface area contributed by atoms with Crippen LogP contribution in [0.25, 0.3) is 0 Å². The Hall–Kier alpha value is -0.510. The Morgan fingerprint density at radius 1 is 1.24 bits per heavy atom. The average molecular weight is 251 g/mol. The van der Waals surface area contributed by atoms with E-state index >= 15 is 0 Å². The van der Waals surface area contributed by atoms with Crippen LogP contribution in [0.3, 0.4) is 0 Å². The largest absolute Gasteiger partial charge is 0.392 e. The molecule has 0 unspecified atom stereocenters. The maximum absolute atomic E-state index is 9.02. The van der Waals surface area contributed by atoms with Crippen molar-refractivity contribution in [2.75, 3.05) is 18.1 Å². The third-order valence-electron chi connectivity index (χ3n) is 3.42. The predicted octanol–water partition coefficient (Wildman–Crippen LogP) is 2.51. The number of benzene rings is 1. The van der Waals surface area contributed by atoms with Crippen LogP contribution in [-0.2, 0) is 13.2 Å². The number of hydrogen-bond acceptors (Lipinski definition) is 3. The fourth-order valence-electron chi connectivity index (χ4n) is 2.16. The first-order valence-electron chi connectivity index (χ1n) is 6.30. The standard InChI is InChI=1S/C14H21NOS/c1-12-6-8-17-9-7-15(12)10-13-2-4-14(11-16)5-3-13/h2-5,12,16H,6-11H2,1H3/t12-/m1/s1. The molecule has 0 spiro atoms. The van der Waals surface area contributed by atoms with Crippen molar-refractivity contribution in [3.63, 3.8) is 0 Å². The Kier molecular flexibility index (Phi) is 4.89. The van der Waals surface area contributed by atoms with E-state index in [1.807, 2.05) is 12.1 Å². The number of nitrogens with zero attached hydrogens (tertiary/aromatic N) is 1. The summed E-state index contributed by atoms with van der Waals surface area (Å²) >= 11 is 2.07. The maximum atomic E-state index is 9.02. The highest BCUT2D eigenvalue weighted by molar-refractivity contribution is 7.99. The summed E-state index contributed by atoms with van der Waals surface area (Å²) < 4.78 is 0. The van der Waals surface area contributed by atoms with E-state index in [-0.39, 0.29) is 6.61 Å². The van der Waals surface area contributed by atoms with Gasteiger partial charge in [-0.25, -0.2) is 0 Å². The lowest BCUT2D eigenvalue weighted by atomic mass is 10.1. The summed E-state index contributed by atoms with van der Waals surface area (Å²) in [6.07, 6.45) is 1.29. The van der Waals surface area contributed by atoms with Gasteiger partial charge in [0.25, 0.3) is 0 Å². The van der Waals surface area contributed by atoms with E-state index in [9.17, 15) is 0 Å². The minimum absolute atomic E-state index is 0.136. The highest BCUT2D eigenvalue weighted by atomic mass is 32.2. The first-order valence-corrected chi connectivity index (χ1v) is 7.45. The Morgan fingerprint density at radius 3 is 2.65 bits per heavy atom. The summed E-state index contributed by atoms with van der Waals surface area (Å²) in [6, 6.07) is 8.99. The molecule has 2 rings (SSSR count). The van der Waals surface area contributed by atoms with Crippen LogP contribution < -0.4 is 0 Å². The van der Waals surface area contributed by atoms with Crippen LogP contribution in [0.1, 0.15) is 24.5 Å². The molecular formula is C14H21NOS. The second-order valence-electron chi connectivity index (χ2n) is 4.70. The second-order valence-corrected chi connectivity index (χ2v) is 5.92. The molecule has 1 aliphatic rings. The van der Waals surface area contributed by atoms with E-state index in [4.69, 9.17) is 5.11 Å². The van der Waals surface area contributed by atoms with Crippen LogP contribution >= 0.6 is 11.8 Å². The molecule has 0 radical (unpaired) electrons. The van der Waals surface area contributed by atoms with Gasteiger partial charge in [0, 0.05) is 24.9 Å². The zero-order valence-corrected chi connectivity index (χ0v) is 11.2. The van der Waals surface area contributed by atoms with Crippen LogP contribution in [0.2, 0.25) is 0 Å². The van der Waals surface area contributed by atoms with Crippen molar-refractivity contribution in [2.24, 2.45) is 0 Å². The molecule has 1 aliphatic heterocycles. The van der Waals surface area contributed by atoms with Crippen LogP contribution in [0.4, 0.5) is 0 Å². The molecule has 1 fully saturated rings. The van der Waals surface area contributed by atoms with E-state index in [2.05, 4.69) is 35.7 Å². The van der Waals surface area contributed by atoms with E-state index < -0.39 is 0 Å². The Morgan fingerprint density at radius 2 is 1.94 bits per heavy atom. The topological polar surface area (TPSA) is 23.5 Å². The quantitative estimate of drug-likeness (QED) is 0.893. The molecular weight excluding hydrogens is 230 g/mol. The van der Waals surface area contributed by atoms with Crippen LogP contribution in [0.15, 0.2) is 24.3 Å². The van der Waals surface area contributed by atoms with Crippen molar-refractivity contribution in [1.82, 2.24) is 4.90 Å². The maximum Gasteiger partial charge on any atom is 0.0681 e. The van der Waals surface area contributed by atoms with E-state index in [0.717, 1.165) is 12.1 Å². The van der Waals surface area contributed by atoms with Crippen molar-refractivity contribution in [3.05, 3.63) is 35.4 Å². The molecule has 1 aromatic carbocycles. The van der Waals surface area contributed by atoms with Crippen molar-refractivity contribution in [2.45, 2.75) is 32.5 Å². The predicted molar refractivity (Wildman–Crippen MR) is 74.2 cm³/mol. The van der Waals surface area contributed by atoms with Gasteiger partial charge in [-0.15, -0.1) is 0 Å². The molecule has 0 saturated carbocycles. The van der Waals surface area contributed by atoms with Crippen molar-refractivity contribution in [1.29, 1.82) is 0 Å². The fourth-order valence-corrected chi connectivity index (χ4v) is 3.24. The third kappa shape index (κ3) is 3.73. The van der Waals surface area contributed by atoms with Gasteiger partial charge < -0.3 is 5.11 Å². The SMILES string of the molecule is C[C@@H]1CCSCCN1Cc1ccc(CO)cc1. The van der Waals surface area contributed by atoms with E-state index in [1.54, 1.807) is 0 Å². The molecule has 0 bridgehead atoms. The molecule has 1 aromatic rings. The molecule has 0 amide bonds. The molecule has 1 saturated heterocycles. The lowest BCUT2D eigenvalue weighted by Gasteiger charge is -2.26. The third-order valence-corrected chi connectivity index (χ3v) is 4.41. The van der Waals surface area contributed by atoms with Gasteiger partial charge in [-0.2, -0.15) is 11.8 Å². The number of hydrogen-bond donors (Lipinski definition) is 1. The second kappa shape index (κ2) is 6.43. The van der Waals surface area contributed by atoms with Gasteiger partial charge in [0.2, 0.25) is 0 Å². The number of thioether (sulfide) groups is 1. The van der Waals surface area contributed by atoms with Crippen molar-refractivity contribution < 1.29 is 5.11 Å². The summed E-state index contributed by atoms with van der Waals surface area (Å²) in [6.45, 7) is 4.69. The van der Waals surface area contributed by atoms with Crippen LogP contribution in [-0.4, -0.2) is 34.1 Å². The summed E-state index contributed by atoms with van der Waals surface area (Å²) in [5.41, 5.74) is 2.34. The van der Waals surface area contributed by atoms with Crippen molar-refractivity contribution in [3.8, 4) is 0 Å². The van der Waals surface area contributed by atoms with E-state index in [0.29, 0.717) is 6.04 Å². The van der Waals surface area contributed by atoms with Crippen molar-refractivity contribution >= 4 is 11.8 Å².